The van der Waals surface area contributed by atoms with Crippen LogP contribution in [0.5, 0.6) is 17.2 Å². The molecule has 0 heterocycles. The molecule has 0 atom stereocenters. The van der Waals surface area contributed by atoms with Crippen LogP contribution in [0.3, 0.4) is 0 Å². The van der Waals surface area contributed by atoms with Gasteiger partial charge in [-0.05, 0) is 35.7 Å². The lowest BCUT2D eigenvalue weighted by Gasteiger charge is -2.11. The van der Waals surface area contributed by atoms with Crippen LogP contribution in [0.1, 0.15) is 21.5 Å². The molecule has 26 heavy (non-hydrogen) atoms. The number of nitrogens with one attached hydrogen (secondary N) is 2. The molecule has 8 nitrogen and oxygen atoms in total. The Hall–Kier alpha value is -3.26. The lowest BCUT2D eigenvalue weighted by molar-refractivity contribution is -0.123. The highest BCUT2D eigenvalue weighted by Crippen LogP contribution is 2.35. The Kier molecular flexibility index (Phi) is 6.40. The summed E-state index contributed by atoms with van der Waals surface area (Å²) < 4.78 is 0. The first-order chi connectivity index (χ1) is 12.4. The molecule has 0 saturated carbocycles. The maximum Gasteiger partial charge on any atom is 0.251 e. The third-order valence-corrected chi connectivity index (χ3v) is 3.71. The number of phenols is 3. The Morgan fingerprint density at radius 1 is 0.962 bits per heavy atom. The van der Waals surface area contributed by atoms with Gasteiger partial charge in [-0.25, -0.2) is 0 Å². The number of aliphatic hydroxyl groups is 1. The van der Waals surface area contributed by atoms with E-state index in [9.17, 15) is 24.9 Å². The summed E-state index contributed by atoms with van der Waals surface area (Å²) in [5, 5.41) is 42.2. The molecule has 0 fully saturated rings. The molecule has 0 aliphatic rings. The highest BCUT2D eigenvalue weighted by Gasteiger charge is 2.12. The predicted octanol–water partition coefficient (Wildman–Crippen LogP) is 0.384. The number of aliphatic hydroxyl groups excluding tert-OH is 1. The Balaban J connectivity index is 1.97. The van der Waals surface area contributed by atoms with E-state index in [1.165, 1.54) is 12.1 Å². The molecule has 0 aliphatic carbocycles. The van der Waals surface area contributed by atoms with E-state index >= 15 is 0 Å². The molecule has 0 aromatic heterocycles. The van der Waals surface area contributed by atoms with Gasteiger partial charge >= 0.3 is 0 Å². The summed E-state index contributed by atoms with van der Waals surface area (Å²) in [5.74, 6) is -2.33. The first kappa shape index (κ1) is 19.1. The zero-order chi connectivity index (χ0) is 19.1. The number of aromatic hydroxyl groups is 3. The quantitative estimate of drug-likeness (QED) is 0.395. The third kappa shape index (κ3) is 4.87. The number of hydrogen-bond donors (Lipinski definition) is 6. The number of hydrogen-bond acceptors (Lipinski definition) is 6. The number of carbonyl (C=O) groups is 2. The molecule has 0 spiro atoms. The van der Waals surface area contributed by atoms with E-state index in [0.29, 0.717) is 23.1 Å². The average molecular weight is 360 g/mol. The van der Waals surface area contributed by atoms with E-state index in [-0.39, 0.29) is 19.0 Å². The van der Waals surface area contributed by atoms with Crippen molar-refractivity contribution >= 4 is 11.8 Å². The van der Waals surface area contributed by atoms with E-state index in [1.807, 2.05) is 0 Å². The fourth-order valence-corrected chi connectivity index (χ4v) is 2.37. The first-order valence-corrected chi connectivity index (χ1v) is 7.90. The maximum absolute atomic E-state index is 12.3. The van der Waals surface area contributed by atoms with Crippen molar-refractivity contribution in [1.82, 2.24) is 10.6 Å². The highest BCUT2D eigenvalue weighted by atomic mass is 16.3. The molecular formula is C18H20N2O6. The van der Waals surface area contributed by atoms with Crippen molar-refractivity contribution in [3.05, 3.63) is 53.1 Å². The molecule has 8 heteroatoms. The van der Waals surface area contributed by atoms with Crippen molar-refractivity contribution in [2.75, 3.05) is 13.2 Å². The van der Waals surface area contributed by atoms with Gasteiger partial charge in [0.15, 0.2) is 17.2 Å². The lowest BCUT2D eigenvalue weighted by atomic mass is 10.1. The minimum atomic E-state index is -0.624. The molecule has 2 aromatic rings. The zero-order valence-electron chi connectivity index (χ0n) is 13.9. The smallest absolute Gasteiger partial charge is 0.251 e. The Morgan fingerprint density at radius 2 is 1.62 bits per heavy atom. The van der Waals surface area contributed by atoms with Crippen molar-refractivity contribution < 1.29 is 30.0 Å². The monoisotopic (exact) mass is 360 g/mol. The SMILES string of the molecule is O=C(CO)NCc1ccccc1C(=O)NCCc1cc(O)c(O)c(O)c1. The molecular weight excluding hydrogens is 340 g/mol. The van der Waals surface area contributed by atoms with Crippen molar-refractivity contribution in [3.63, 3.8) is 0 Å². The van der Waals surface area contributed by atoms with Gasteiger partial charge in [0.05, 0.1) is 0 Å². The first-order valence-electron chi connectivity index (χ1n) is 7.90. The summed E-state index contributed by atoms with van der Waals surface area (Å²) in [6.45, 7) is -0.275. The molecule has 138 valence electrons. The highest BCUT2D eigenvalue weighted by molar-refractivity contribution is 5.95. The predicted molar refractivity (Wildman–Crippen MR) is 92.8 cm³/mol. The van der Waals surface area contributed by atoms with Crippen molar-refractivity contribution in [2.24, 2.45) is 0 Å². The second-order valence-corrected chi connectivity index (χ2v) is 5.58. The van der Waals surface area contributed by atoms with E-state index in [1.54, 1.807) is 24.3 Å². The van der Waals surface area contributed by atoms with E-state index in [4.69, 9.17) is 5.11 Å². The molecule has 0 saturated heterocycles. The van der Waals surface area contributed by atoms with E-state index < -0.39 is 29.8 Å². The zero-order valence-corrected chi connectivity index (χ0v) is 13.9. The molecule has 2 rings (SSSR count). The number of rotatable bonds is 7. The van der Waals surface area contributed by atoms with Crippen LogP contribution in [0.25, 0.3) is 0 Å². The lowest BCUT2D eigenvalue weighted by Crippen LogP contribution is -2.29. The van der Waals surface area contributed by atoms with Crippen LogP contribution in [0.2, 0.25) is 0 Å². The fraction of sp³-hybridized carbons (Fsp3) is 0.222. The van der Waals surface area contributed by atoms with Crippen LogP contribution in [-0.4, -0.2) is 45.4 Å². The Labute approximate surface area is 149 Å². The van der Waals surface area contributed by atoms with Gasteiger partial charge in [-0.15, -0.1) is 0 Å². The Bertz CT molecular complexity index is 783. The normalized spacial score (nSPS) is 10.3. The van der Waals surface area contributed by atoms with Crippen LogP contribution < -0.4 is 10.6 Å². The standard InChI is InChI=1S/C18H20N2O6/c21-10-16(24)20-9-12-3-1-2-4-13(12)18(26)19-6-5-11-7-14(22)17(25)15(23)8-11/h1-4,7-8,21-23,25H,5-6,9-10H2,(H,19,26)(H,20,24). The third-order valence-electron chi connectivity index (χ3n) is 3.71. The summed E-state index contributed by atoms with van der Waals surface area (Å²) in [7, 11) is 0. The second-order valence-electron chi connectivity index (χ2n) is 5.58. The molecule has 0 unspecified atom stereocenters. The van der Waals surface area contributed by atoms with Crippen LogP contribution in [0.4, 0.5) is 0 Å². The van der Waals surface area contributed by atoms with Gasteiger partial charge in [-0.1, -0.05) is 18.2 Å². The topological polar surface area (TPSA) is 139 Å². The minimum absolute atomic E-state index is 0.114. The van der Waals surface area contributed by atoms with Gasteiger partial charge in [-0.3, -0.25) is 9.59 Å². The summed E-state index contributed by atoms with van der Waals surface area (Å²) >= 11 is 0. The van der Waals surface area contributed by atoms with Crippen LogP contribution in [0, 0.1) is 0 Å². The average Bonchev–Trinajstić information content (AvgIpc) is 2.64. The molecule has 0 radical (unpaired) electrons. The number of amides is 2. The van der Waals surface area contributed by atoms with Crippen LogP contribution in [-0.2, 0) is 17.8 Å². The molecule has 0 bridgehead atoms. The fourth-order valence-electron chi connectivity index (χ4n) is 2.37. The van der Waals surface area contributed by atoms with Gasteiger partial charge < -0.3 is 31.1 Å². The maximum atomic E-state index is 12.3. The largest absolute Gasteiger partial charge is 0.504 e. The summed E-state index contributed by atoms with van der Waals surface area (Å²) in [6, 6.07) is 9.36. The summed E-state index contributed by atoms with van der Waals surface area (Å²) in [4.78, 5) is 23.5. The van der Waals surface area contributed by atoms with Crippen LogP contribution in [0.15, 0.2) is 36.4 Å². The Morgan fingerprint density at radius 3 is 2.27 bits per heavy atom. The number of carbonyl (C=O) groups excluding carboxylic acids is 2. The molecule has 2 aromatic carbocycles. The van der Waals surface area contributed by atoms with Crippen molar-refractivity contribution in [1.29, 1.82) is 0 Å². The van der Waals surface area contributed by atoms with Gasteiger partial charge in [-0.2, -0.15) is 0 Å². The molecule has 0 aliphatic heterocycles. The van der Waals surface area contributed by atoms with Crippen molar-refractivity contribution in [3.8, 4) is 17.2 Å². The van der Waals surface area contributed by atoms with Gasteiger partial charge in [0.2, 0.25) is 5.91 Å². The second kappa shape index (κ2) is 8.72. The molecule has 6 N–H and O–H groups in total. The van der Waals surface area contributed by atoms with E-state index in [2.05, 4.69) is 10.6 Å². The molecule has 2 amide bonds. The number of phenolic OH excluding ortho intramolecular Hbond substituents is 3. The van der Waals surface area contributed by atoms with E-state index in [0.717, 1.165) is 0 Å². The summed E-state index contributed by atoms with van der Waals surface area (Å²) in [5.41, 5.74) is 1.54. The van der Waals surface area contributed by atoms with Gasteiger partial charge in [0.25, 0.3) is 5.91 Å². The van der Waals surface area contributed by atoms with Gasteiger partial charge in [0, 0.05) is 18.7 Å². The van der Waals surface area contributed by atoms with Gasteiger partial charge in [0.1, 0.15) is 6.61 Å². The van der Waals surface area contributed by atoms with Crippen LogP contribution >= 0.6 is 0 Å². The summed E-state index contributed by atoms with van der Waals surface area (Å²) in [6.07, 6.45) is 0.330. The van der Waals surface area contributed by atoms with Crippen molar-refractivity contribution in [2.45, 2.75) is 13.0 Å². The number of benzene rings is 2. The minimum Gasteiger partial charge on any atom is -0.504 e.